The molecule has 130 valence electrons. The quantitative estimate of drug-likeness (QED) is 0.855. The summed E-state index contributed by atoms with van der Waals surface area (Å²) in [4.78, 5) is 29.2. The van der Waals surface area contributed by atoms with E-state index in [-0.39, 0.29) is 28.6 Å². The van der Waals surface area contributed by atoms with Gasteiger partial charge in [-0.3, -0.25) is 9.59 Å². The van der Waals surface area contributed by atoms with Gasteiger partial charge in [0.05, 0.1) is 22.7 Å². The van der Waals surface area contributed by atoms with Crippen molar-refractivity contribution >= 4 is 40.8 Å². The van der Waals surface area contributed by atoms with E-state index in [9.17, 15) is 9.59 Å². The molecule has 2 aromatic rings. The first-order valence-electron chi connectivity index (χ1n) is 7.60. The van der Waals surface area contributed by atoms with E-state index in [1.54, 1.807) is 24.1 Å². The van der Waals surface area contributed by atoms with Crippen LogP contribution in [0.15, 0.2) is 36.5 Å². The standard InChI is InChI=1S/C17H16Cl2N4O2/c1-23-14(24)7-13(15(23)9-2-4-11(18)5-3-9)22-17-12(19)6-10(8-21-17)16(20)25/h2-6,8,13,15H,7H2,1H3,(H2,20,25)(H,21,22)/t13-,15+/m0/s1. The number of likely N-dealkylation sites (tertiary alicyclic amines) is 1. The second-order valence-electron chi connectivity index (χ2n) is 5.87. The Hall–Kier alpha value is -2.31. The number of rotatable bonds is 4. The normalized spacial score (nSPS) is 20.0. The van der Waals surface area contributed by atoms with Crippen LogP contribution in [0.1, 0.15) is 28.4 Å². The average molecular weight is 379 g/mol. The molecular formula is C17H16Cl2N4O2. The Kier molecular flexibility index (Phi) is 4.83. The maximum Gasteiger partial charge on any atom is 0.250 e. The Morgan fingerprint density at radius 2 is 2.00 bits per heavy atom. The SMILES string of the molecule is CN1C(=O)C[C@H](Nc2ncc(C(N)=O)cc2Cl)[C@H]1c1ccc(Cl)cc1. The van der Waals surface area contributed by atoms with Crippen molar-refractivity contribution in [1.82, 2.24) is 9.88 Å². The predicted molar refractivity (Wildman–Crippen MR) is 96.8 cm³/mol. The molecule has 3 rings (SSSR count). The Balaban J connectivity index is 1.88. The number of nitrogens with one attached hydrogen (secondary N) is 1. The first kappa shape index (κ1) is 17.5. The van der Waals surface area contributed by atoms with Gasteiger partial charge < -0.3 is 16.0 Å². The maximum atomic E-state index is 12.2. The number of pyridine rings is 1. The number of benzene rings is 1. The molecule has 0 unspecified atom stereocenters. The summed E-state index contributed by atoms with van der Waals surface area (Å²) in [7, 11) is 1.76. The summed E-state index contributed by atoms with van der Waals surface area (Å²) < 4.78 is 0. The van der Waals surface area contributed by atoms with Gasteiger partial charge in [0, 0.05) is 24.7 Å². The number of anilines is 1. The molecule has 6 nitrogen and oxygen atoms in total. The Bertz CT molecular complexity index is 826. The zero-order valence-corrected chi connectivity index (χ0v) is 14.9. The molecule has 2 atom stereocenters. The van der Waals surface area contributed by atoms with E-state index in [0.717, 1.165) is 5.56 Å². The number of halogens is 2. The zero-order chi connectivity index (χ0) is 18.1. The van der Waals surface area contributed by atoms with E-state index in [2.05, 4.69) is 10.3 Å². The van der Waals surface area contributed by atoms with Gasteiger partial charge in [0.2, 0.25) is 11.8 Å². The van der Waals surface area contributed by atoms with Gasteiger partial charge in [0.15, 0.2) is 0 Å². The van der Waals surface area contributed by atoms with Crippen LogP contribution in [0.4, 0.5) is 5.82 Å². The van der Waals surface area contributed by atoms with Gasteiger partial charge in [-0.05, 0) is 23.8 Å². The first-order valence-corrected chi connectivity index (χ1v) is 8.35. The number of nitrogens with zero attached hydrogens (tertiary/aromatic N) is 2. The molecule has 1 aromatic carbocycles. The van der Waals surface area contributed by atoms with Gasteiger partial charge in [-0.2, -0.15) is 0 Å². The van der Waals surface area contributed by atoms with Gasteiger partial charge in [-0.15, -0.1) is 0 Å². The molecule has 2 heterocycles. The summed E-state index contributed by atoms with van der Waals surface area (Å²) in [6.45, 7) is 0. The minimum atomic E-state index is -0.601. The topological polar surface area (TPSA) is 88.3 Å². The zero-order valence-electron chi connectivity index (χ0n) is 13.4. The molecule has 1 aliphatic rings. The van der Waals surface area contributed by atoms with Crippen molar-refractivity contribution < 1.29 is 9.59 Å². The molecule has 0 spiro atoms. The third-order valence-corrected chi connectivity index (χ3v) is 4.79. The van der Waals surface area contributed by atoms with E-state index in [1.807, 2.05) is 12.1 Å². The summed E-state index contributed by atoms with van der Waals surface area (Å²) in [5.74, 6) is -0.183. The number of carbonyl (C=O) groups excluding carboxylic acids is 2. The number of carbonyl (C=O) groups is 2. The second kappa shape index (κ2) is 6.90. The van der Waals surface area contributed by atoms with E-state index < -0.39 is 5.91 Å². The lowest BCUT2D eigenvalue weighted by Crippen LogP contribution is -2.30. The molecule has 0 radical (unpaired) electrons. The minimum Gasteiger partial charge on any atom is -0.366 e. The highest BCUT2D eigenvalue weighted by molar-refractivity contribution is 6.33. The van der Waals surface area contributed by atoms with Crippen LogP contribution in [0.2, 0.25) is 10.0 Å². The fourth-order valence-electron chi connectivity index (χ4n) is 2.97. The van der Waals surface area contributed by atoms with Crippen molar-refractivity contribution in [2.45, 2.75) is 18.5 Å². The molecule has 25 heavy (non-hydrogen) atoms. The molecule has 3 N–H and O–H groups in total. The first-order chi connectivity index (χ1) is 11.9. The van der Waals surface area contributed by atoms with Crippen LogP contribution < -0.4 is 11.1 Å². The second-order valence-corrected chi connectivity index (χ2v) is 6.72. The van der Waals surface area contributed by atoms with Gasteiger partial charge in [0.1, 0.15) is 5.82 Å². The Morgan fingerprint density at radius 3 is 2.60 bits per heavy atom. The summed E-state index contributed by atoms with van der Waals surface area (Å²) in [6.07, 6.45) is 1.66. The smallest absolute Gasteiger partial charge is 0.250 e. The van der Waals surface area contributed by atoms with Crippen LogP contribution in [0.5, 0.6) is 0 Å². The highest BCUT2D eigenvalue weighted by atomic mass is 35.5. The third-order valence-electron chi connectivity index (χ3n) is 4.25. The maximum absolute atomic E-state index is 12.2. The molecule has 0 saturated carbocycles. The number of nitrogens with two attached hydrogens (primary N) is 1. The van der Waals surface area contributed by atoms with E-state index in [1.165, 1.54) is 12.3 Å². The third kappa shape index (κ3) is 3.55. The van der Waals surface area contributed by atoms with Crippen molar-refractivity contribution in [1.29, 1.82) is 0 Å². The van der Waals surface area contributed by atoms with Crippen LogP contribution >= 0.6 is 23.2 Å². The van der Waals surface area contributed by atoms with E-state index >= 15 is 0 Å². The Morgan fingerprint density at radius 1 is 1.32 bits per heavy atom. The number of likely N-dealkylation sites (N-methyl/N-ethyl adjacent to an activating group) is 1. The number of hydrogen-bond donors (Lipinski definition) is 2. The molecule has 1 aromatic heterocycles. The molecule has 2 amide bonds. The average Bonchev–Trinajstić information content (AvgIpc) is 2.84. The number of aromatic nitrogens is 1. The largest absolute Gasteiger partial charge is 0.366 e. The van der Waals surface area contributed by atoms with Crippen LogP contribution in [-0.4, -0.2) is 34.8 Å². The van der Waals surface area contributed by atoms with Crippen LogP contribution in [0, 0.1) is 0 Å². The van der Waals surface area contributed by atoms with Crippen LogP contribution in [0.3, 0.4) is 0 Å². The lowest BCUT2D eigenvalue weighted by atomic mass is 10.00. The molecular weight excluding hydrogens is 363 g/mol. The molecule has 1 aliphatic heterocycles. The summed E-state index contributed by atoms with van der Waals surface area (Å²) in [5.41, 5.74) is 6.41. The highest BCUT2D eigenvalue weighted by Crippen LogP contribution is 2.35. The highest BCUT2D eigenvalue weighted by Gasteiger charge is 2.38. The predicted octanol–water partition coefficient (Wildman–Crippen LogP) is 2.87. The lowest BCUT2D eigenvalue weighted by molar-refractivity contribution is -0.127. The number of hydrogen-bond acceptors (Lipinski definition) is 4. The molecule has 0 aliphatic carbocycles. The van der Waals surface area contributed by atoms with Gasteiger partial charge in [0.25, 0.3) is 0 Å². The van der Waals surface area contributed by atoms with Gasteiger partial charge in [-0.1, -0.05) is 35.3 Å². The van der Waals surface area contributed by atoms with Crippen molar-refractivity contribution in [2.24, 2.45) is 5.73 Å². The number of primary amides is 1. The lowest BCUT2D eigenvalue weighted by Gasteiger charge is -2.26. The minimum absolute atomic E-state index is 0.0160. The van der Waals surface area contributed by atoms with Gasteiger partial charge in [-0.25, -0.2) is 4.98 Å². The fraction of sp³-hybridized carbons (Fsp3) is 0.235. The van der Waals surface area contributed by atoms with Crippen LogP contribution in [-0.2, 0) is 4.79 Å². The molecule has 1 saturated heterocycles. The summed E-state index contributed by atoms with van der Waals surface area (Å²) in [6, 6.07) is 8.41. The van der Waals surface area contributed by atoms with E-state index in [0.29, 0.717) is 17.3 Å². The summed E-state index contributed by atoms with van der Waals surface area (Å²) in [5, 5.41) is 4.11. The number of amides is 2. The Labute approximate surface area is 154 Å². The van der Waals surface area contributed by atoms with Crippen molar-refractivity contribution in [2.75, 3.05) is 12.4 Å². The monoisotopic (exact) mass is 378 g/mol. The van der Waals surface area contributed by atoms with Crippen LogP contribution in [0.25, 0.3) is 0 Å². The van der Waals surface area contributed by atoms with Gasteiger partial charge >= 0.3 is 0 Å². The summed E-state index contributed by atoms with van der Waals surface area (Å²) >= 11 is 12.1. The van der Waals surface area contributed by atoms with Crippen molar-refractivity contribution in [3.63, 3.8) is 0 Å². The van der Waals surface area contributed by atoms with E-state index in [4.69, 9.17) is 28.9 Å². The molecule has 8 heteroatoms. The molecule has 0 bridgehead atoms. The fourth-order valence-corrected chi connectivity index (χ4v) is 3.32. The molecule has 1 fully saturated rings. The van der Waals surface area contributed by atoms with Crippen molar-refractivity contribution in [3.8, 4) is 0 Å². The van der Waals surface area contributed by atoms with Crippen molar-refractivity contribution in [3.05, 3.63) is 57.7 Å².